The van der Waals surface area contributed by atoms with Crippen LogP contribution in [-0.2, 0) is 0 Å². The van der Waals surface area contributed by atoms with E-state index in [1.165, 1.54) is 5.69 Å². The summed E-state index contributed by atoms with van der Waals surface area (Å²) in [7, 11) is 0. The highest BCUT2D eigenvalue weighted by atomic mass is 15.3. The first-order chi connectivity index (χ1) is 9.33. The number of anilines is 3. The van der Waals surface area contributed by atoms with Crippen molar-refractivity contribution < 1.29 is 0 Å². The van der Waals surface area contributed by atoms with Crippen LogP contribution in [-0.4, -0.2) is 36.1 Å². The first kappa shape index (κ1) is 11.8. The van der Waals surface area contributed by atoms with Gasteiger partial charge in [-0.15, -0.1) is 0 Å². The lowest BCUT2D eigenvalue weighted by molar-refractivity contribution is 0.647. The third-order valence-electron chi connectivity index (χ3n) is 3.40. The molecule has 0 aliphatic carbocycles. The van der Waals surface area contributed by atoms with Crippen LogP contribution < -0.4 is 15.5 Å². The summed E-state index contributed by atoms with van der Waals surface area (Å²) in [4.78, 5) is 13.1. The normalized spacial score (nSPS) is 15.6. The standard InChI is InChI=1S/C14H17N5/c15-12-1-2-14(17-11-12)19-9-7-18(8-10-19)13-3-5-16-6-4-13/h1-6,11H,7-10,15H2. The van der Waals surface area contributed by atoms with Crippen molar-refractivity contribution in [3.8, 4) is 0 Å². The number of nitrogens with zero attached hydrogens (tertiary/aromatic N) is 4. The van der Waals surface area contributed by atoms with Crippen LogP contribution in [0.3, 0.4) is 0 Å². The number of aromatic nitrogens is 2. The van der Waals surface area contributed by atoms with Crippen LogP contribution in [0.15, 0.2) is 42.9 Å². The molecule has 0 saturated carbocycles. The fourth-order valence-electron chi connectivity index (χ4n) is 2.33. The molecule has 2 aromatic rings. The van der Waals surface area contributed by atoms with E-state index in [0.717, 1.165) is 32.0 Å². The molecule has 1 fully saturated rings. The van der Waals surface area contributed by atoms with Crippen LogP contribution in [0.1, 0.15) is 0 Å². The maximum atomic E-state index is 5.66. The topological polar surface area (TPSA) is 58.3 Å². The fourth-order valence-corrected chi connectivity index (χ4v) is 2.33. The van der Waals surface area contributed by atoms with Crippen molar-refractivity contribution in [3.05, 3.63) is 42.9 Å². The molecule has 0 unspecified atom stereocenters. The molecule has 1 aliphatic rings. The number of hydrogen-bond donors (Lipinski definition) is 1. The van der Waals surface area contributed by atoms with Crippen molar-refractivity contribution in [2.75, 3.05) is 41.7 Å². The Morgan fingerprint density at radius 1 is 0.895 bits per heavy atom. The Balaban J connectivity index is 1.65. The lowest BCUT2D eigenvalue weighted by Gasteiger charge is -2.36. The quantitative estimate of drug-likeness (QED) is 0.878. The van der Waals surface area contributed by atoms with Gasteiger partial charge in [0.2, 0.25) is 0 Å². The molecule has 1 aliphatic heterocycles. The van der Waals surface area contributed by atoms with E-state index in [0.29, 0.717) is 5.69 Å². The SMILES string of the molecule is Nc1ccc(N2CCN(c3ccncc3)CC2)nc1. The van der Waals surface area contributed by atoms with Gasteiger partial charge < -0.3 is 15.5 Å². The van der Waals surface area contributed by atoms with E-state index < -0.39 is 0 Å². The smallest absolute Gasteiger partial charge is 0.128 e. The summed E-state index contributed by atoms with van der Waals surface area (Å²) in [5, 5.41) is 0. The van der Waals surface area contributed by atoms with Gasteiger partial charge in [0.25, 0.3) is 0 Å². The summed E-state index contributed by atoms with van der Waals surface area (Å²) >= 11 is 0. The van der Waals surface area contributed by atoms with Crippen molar-refractivity contribution in [3.63, 3.8) is 0 Å². The molecule has 0 radical (unpaired) electrons. The fraction of sp³-hybridized carbons (Fsp3) is 0.286. The molecule has 3 rings (SSSR count). The van der Waals surface area contributed by atoms with Crippen molar-refractivity contribution in [1.29, 1.82) is 0 Å². The first-order valence-corrected chi connectivity index (χ1v) is 6.44. The molecule has 5 nitrogen and oxygen atoms in total. The predicted octanol–water partition coefficient (Wildman–Crippen LogP) is 1.39. The van der Waals surface area contributed by atoms with Gasteiger partial charge in [-0.25, -0.2) is 4.98 Å². The second kappa shape index (κ2) is 5.14. The Morgan fingerprint density at radius 2 is 1.58 bits per heavy atom. The molecule has 19 heavy (non-hydrogen) atoms. The van der Waals surface area contributed by atoms with Crippen LogP contribution in [0, 0.1) is 0 Å². The maximum Gasteiger partial charge on any atom is 0.128 e. The highest BCUT2D eigenvalue weighted by Crippen LogP contribution is 2.18. The minimum Gasteiger partial charge on any atom is -0.397 e. The molecular weight excluding hydrogens is 238 g/mol. The number of piperazine rings is 1. The second-order valence-electron chi connectivity index (χ2n) is 4.63. The largest absolute Gasteiger partial charge is 0.397 e. The van der Waals surface area contributed by atoms with Crippen LogP contribution in [0.2, 0.25) is 0 Å². The maximum absolute atomic E-state index is 5.66. The molecule has 0 spiro atoms. The molecule has 1 saturated heterocycles. The Hall–Kier alpha value is -2.30. The highest BCUT2D eigenvalue weighted by molar-refractivity contribution is 5.50. The Labute approximate surface area is 112 Å². The van der Waals surface area contributed by atoms with Gasteiger partial charge in [-0.3, -0.25) is 4.98 Å². The van der Waals surface area contributed by atoms with E-state index in [4.69, 9.17) is 5.73 Å². The van der Waals surface area contributed by atoms with Crippen LogP contribution in [0.25, 0.3) is 0 Å². The van der Waals surface area contributed by atoms with Gasteiger partial charge in [-0.05, 0) is 24.3 Å². The number of nitrogen functional groups attached to an aromatic ring is 1. The number of rotatable bonds is 2. The summed E-state index contributed by atoms with van der Waals surface area (Å²) in [6, 6.07) is 7.99. The highest BCUT2D eigenvalue weighted by Gasteiger charge is 2.17. The summed E-state index contributed by atoms with van der Waals surface area (Å²) in [5.41, 5.74) is 7.60. The van der Waals surface area contributed by atoms with E-state index in [9.17, 15) is 0 Å². The minimum atomic E-state index is 0.708. The molecule has 98 valence electrons. The zero-order valence-electron chi connectivity index (χ0n) is 10.7. The minimum absolute atomic E-state index is 0.708. The Bertz CT molecular complexity index is 517. The second-order valence-corrected chi connectivity index (χ2v) is 4.63. The monoisotopic (exact) mass is 255 g/mol. The van der Waals surface area contributed by atoms with Gasteiger partial charge in [0.15, 0.2) is 0 Å². The third-order valence-corrected chi connectivity index (χ3v) is 3.40. The van der Waals surface area contributed by atoms with Crippen molar-refractivity contribution in [2.45, 2.75) is 0 Å². The van der Waals surface area contributed by atoms with E-state index >= 15 is 0 Å². The predicted molar refractivity (Wildman–Crippen MR) is 77.3 cm³/mol. The number of pyridine rings is 2. The Kier molecular flexibility index (Phi) is 3.18. The zero-order chi connectivity index (χ0) is 13.1. The molecule has 0 atom stereocenters. The average Bonchev–Trinajstić information content (AvgIpc) is 2.49. The molecule has 0 bridgehead atoms. The van der Waals surface area contributed by atoms with Crippen molar-refractivity contribution in [2.24, 2.45) is 0 Å². The first-order valence-electron chi connectivity index (χ1n) is 6.44. The molecule has 3 heterocycles. The van der Waals surface area contributed by atoms with E-state index in [1.54, 1.807) is 6.20 Å². The van der Waals surface area contributed by atoms with Crippen molar-refractivity contribution >= 4 is 17.2 Å². The van der Waals surface area contributed by atoms with Crippen LogP contribution in [0.4, 0.5) is 17.2 Å². The van der Waals surface area contributed by atoms with Gasteiger partial charge in [-0.1, -0.05) is 0 Å². The lowest BCUT2D eigenvalue weighted by Crippen LogP contribution is -2.46. The summed E-state index contributed by atoms with van der Waals surface area (Å²) in [5.74, 6) is 1.00. The van der Waals surface area contributed by atoms with Gasteiger partial charge in [0, 0.05) is 44.3 Å². The molecule has 0 aromatic carbocycles. The molecule has 0 amide bonds. The number of nitrogens with two attached hydrogens (primary N) is 1. The molecule has 2 aromatic heterocycles. The van der Waals surface area contributed by atoms with Crippen LogP contribution in [0.5, 0.6) is 0 Å². The Morgan fingerprint density at radius 3 is 2.21 bits per heavy atom. The van der Waals surface area contributed by atoms with E-state index in [1.807, 2.05) is 24.5 Å². The molecule has 2 N–H and O–H groups in total. The van der Waals surface area contributed by atoms with Gasteiger partial charge in [-0.2, -0.15) is 0 Å². The molecular formula is C14H17N5. The summed E-state index contributed by atoms with van der Waals surface area (Å²) in [6.45, 7) is 3.94. The summed E-state index contributed by atoms with van der Waals surface area (Å²) in [6.07, 6.45) is 5.39. The molecule has 5 heteroatoms. The summed E-state index contributed by atoms with van der Waals surface area (Å²) < 4.78 is 0. The van der Waals surface area contributed by atoms with Crippen molar-refractivity contribution in [1.82, 2.24) is 9.97 Å². The number of hydrogen-bond acceptors (Lipinski definition) is 5. The van der Waals surface area contributed by atoms with E-state index in [2.05, 4.69) is 31.9 Å². The zero-order valence-corrected chi connectivity index (χ0v) is 10.7. The lowest BCUT2D eigenvalue weighted by atomic mass is 10.2. The average molecular weight is 255 g/mol. The van der Waals surface area contributed by atoms with Crippen LogP contribution >= 0.6 is 0 Å². The van der Waals surface area contributed by atoms with Gasteiger partial charge >= 0.3 is 0 Å². The van der Waals surface area contributed by atoms with Gasteiger partial charge in [0.05, 0.1) is 11.9 Å². The third kappa shape index (κ3) is 2.59. The van der Waals surface area contributed by atoms with Gasteiger partial charge in [0.1, 0.15) is 5.82 Å². The van der Waals surface area contributed by atoms with E-state index in [-0.39, 0.29) is 0 Å².